The summed E-state index contributed by atoms with van der Waals surface area (Å²) in [7, 11) is 6.68. The molecule has 0 spiro atoms. The second-order valence-electron chi connectivity index (χ2n) is 6.21. The van der Waals surface area contributed by atoms with E-state index in [1.165, 1.54) is 0 Å². The summed E-state index contributed by atoms with van der Waals surface area (Å²) in [5.74, 6) is 2.26. The normalized spacial score (nSPS) is 14.1. The highest BCUT2D eigenvalue weighted by Crippen LogP contribution is 2.46. The van der Waals surface area contributed by atoms with Gasteiger partial charge in [-0.25, -0.2) is 4.98 Å². The number of nitrogens with zero attached hydrogens (tertiary/aromatic N) is 1. The molecule has 1 aliphatic rings. The smallest absolute Gasteiger partial charge is 0.203 e. The van der Waals surface area contributed by atoms with Crippen LogP contribution in [-0.4, -0.2) is 45.5 Å². The zero-order valence-electron chi connectivity index (χ0n) is 15.8. The lowest BCUT2D eigenvalue weighted by Gasteiger charge is -2.18. The number of methoxy groups -OCH3 is 3. The van der Waals surface area contributed by atoms with Crippen molar-refractivity contribution in [2.45, 2.75) is 18.4 Å². The van der Waals surface area contributed by atoms with Crippen LogP contribution in [0.3, 0.4) is 0 Å². The second-order valence-corrected chi connectivity index (χ2v) is 6.57. The van der Waals surface area contributed by atoms with E-state index in [-0.39, 0.29) is 17.9 Å². The van der Waals surface area contributed by atoms with Crippen molar-refractivity contribution in [3.05, 3.63) is 29.5 Å². The number of pyridine rings is 1. The number of benzene rings is 1. The first kappa shape index (κ1) is 21.4. The molecule has 0 aliphatic heterocycles. The molecule has 0 saturated heterocycles. The summed E-state index contributed by atoms with van der Waals surface area (Å²) < 4.78 is 22.3. The van der Waals surface area contributed by atoms with E-state index in [1.54, 1.807) is 33.6 Å². The highest BCUT2D eigenvalue weighted by Gasteiger charge is 2.41. The summed E-state index contributed by atoms with van der Waals surface area (Å²) in [5.41, 5.74) is 1.54. The van der Waals surface area contributed by atoms with E-state index in [0.29, 0.717) is 40.3 Å². The first-order valence-electron chi connectivity index (χ1n) is 8.34. The molecule has 27 heavy (non-hydrogen) atoms. The van der Waals surface area contributed by atoms with Gasteiger partial charge in [0.1, 0.15) is 17.5 Å². The predicted molar refractivity (Wildman–Crippen MR) is 108 cm³/mol. The van der Waals surface area contributed by atoms with Crippen LogP contribution in [0.4, 0.5) is 0 Å². The molecule has 1 aliphatic carbocycles. The molecule has 1 N–H and O–H groups in total. The van der Waals surface area contributed by atoms with E-state index in [2.05, 4.69) is 10.3 Å². The SMILES string of the molecule is CNC1(COc2cnc(Cl)c(-c3ccc(OC)c(OC)c3OC)c2)CC1.Cl. The fourth-order valence-corrected chi connectivity index (χ4v) is 3.05. The molecule has 2 aromatic rings. The topological polar surface area (TPSA) is 61.8 Å². The van der Waals surface area contributed by atoms with Crippen molar-refractivity contribution in [1.82, 2.24) is 10.3 Å². The first-order chi connectivity index (χ1) is 12.6. The van der Waals surface area contributed by atoms with Crippen molar-refractivity contribution in [3.8, 4) is 34.1 Å². The van der Waals surface area contributed by atoms with E-state index in [4.69, 9.17) is 30.5 Å². The molecular formula is C19H24Cl2N2O4. The molecule has 148 valence electrons. The minimum Gasteiger partial charge on any atom is -0.493 e. The quantitative estimate of drug-likeness (QED) is 0.659. The van der Waals surface area contributed by atoms with Gasteiger partial charge in [0.25, 0.3) is 0 Å². The largest absolute Gasteiger partial charge is 0.493 e. The molecule has 0 radical (unpaired) electrons. The maximum absolute atomic E-state index is 6.35. The summed E-state index contributed by atoms with van der Waals surface area (Å²) >= 11 is 6.35. The van der Waals surface area contributed by atoms with Gasteiger partial charge in [0.05, 0.1) is 33.1 Å². The summed E-state index contributed by atoms with van der Waals surface area (Å²) in [4.78, 5) is 4.27. The van der Waals surface area contributed by atoms with Crippen LogP contribution in [0.1, 0.15) is 12.8 Å². The van der Waals surface area contributed by atoms with Gasteiger partial charge in [-0.2, -0.15) is 0 Å². The fraction of sp³-hybridized carbons (Fsp3) is 0.421. The molecule has 1 aromatic heterocycles. The number of likely N-dealkylation sites (N-methyl/N-ethyl adjacent to an activating group) is 1. The summed E-state index contributed by atoms with van der Waals surface area (Å²) in [5, 5.41) is 3.66. The third-order valence-electron chi connectivity index (χ3n) is 4.71. The third kappa shape index (κ3) is 4.34. The van der Waals surface area contributed by atoms with Crippen molar-refractivity contribution in [2.75, 3.05) is 35.0 Å². The minimum absolute atomic E-state index is 0. The van der Waals surface area contributed by atoms with E-state index in [9.17, 15) is 0 Å². The summed E-state index contributed by atoms with van der Waals surface area (Å²) in [6.07, 6.45) is 3.85. The Morgan fingerprint density at radius 2 is 1.78 bits per heavy atom. The van der Waals surface area contributed by atoms with Crippen LogP contribution in [0.25, 0.3) is 11.1 Å². The number of hydrogen-bond acceptors (Lipinski definition) is 6. The lowest BCUT2D eigenvalue weighted by atomic mass is 10.1. The lowest BCUT2D eigenvalue weighted by Crippen LogP contribution is -2.33. The molecule has 0 bridgehead atoms. The van der Waals surface area contributed by atoms with Crippen LogP contribution in [0, 0.1) is 0 Å². The van der Waals surface area contributed by atoms with E-state index in [1.807, 2.05) is 19.2 Å². The van der Waals surface area contributed by atoms with E-state index in [0.717, 1.165) is 18.4 Å². The van der Waals surface area contributed by atoms with Gasteiger partial charge in [0.2, 0.25) is 5.75 Å². The maximum atomic E-state index is 6.35. The molecule has 1 saturated carbocycles. The first-order valence-corrected chi connectivity index (χ1v) is 8.72. The zero-order chi connectivity index (χ0) is 18.7. The molecule has 0 atom stereocenters. The van der Waals surface area contributed by atoms with E-state index < -0.39 is 0 Å². The number of nitrogens with one attached hydrogen (secondary N) is 1. The van der Waals surface area contributed by atoms with Gasteiger partial charge >= 0.3 is 0 Å². The van der Waals surface area contributed by atoms with Crippen molar-refractivity contribution in [1.29, 1.82) is 0 Å². The van der Waals surface area contributed by atoms with Gasteiger partial charge in [-0.1, -0.05) is 11.6 Å². The Hall–Kier alpha value is -1.89. The van der Waals surface area contributed by atoms with Gasteiger partial charge in [0.15, 0.2) is 11.5 Å². The summed E-state index contributed by atoms with van der Waals surface area (Å²) in [6.45, 7) is 0.593. The minimum atomic E-state index is 0. The molecule has 0 unspecified atom stereocenters. The van der Waals surface area contributed by atoms with Crippen molar-refractivity contribution in [2.24, 2.45) is 0 Å². The Labute approximate surface area is 170 Å². The standard InChI is InChI=1S/C19H23ClN2O4.ClH/c1-21-19(7-8-19)11-26-12-9-14(18(20)22-10-12)13-5-6-15(23-2)17(25-4)16(13)24-3;/h5-6,9-10,21H,7-8,11H2,1-4H3;1H. The zero-order valence-corrected chi connectivity index (χ0v) is 17.4. The van der Waals surface area contributed by atoms with Crippen LogP contribution in [0.15, 0.2) is 24.4 Å². The van der Waals surface area contributed by atoms with Crippen LogP contribution < -0.4 is 24.3 Å². The van der Waals surface area contributed by atoms with Crippen molar-refractivity contribution >= 4 is 24.0 Å². The van der Waals surface area contributed by atoms with Gasteiger partial charge in [-0.3, -0.25) is 0 Å². The van der Waals surface area contributed by atoms with Gasteiger partial charge in [0, 0.05) is 11.1 Å². The summed E-state index contributed by atoms with van der Waals surface area (Å²) in [6, 6.07) is 5.54. The molecule has 1 fully saturated rings. The molecule has 1 heterocycles. The van der Waals surface area contributed by atoms with Crippen LogP contribution in [-0.2, 0) is 0 Å². The average Bonchev–Trinajstić information content (AvgIpc) is 3.46. The van der Waals surface area contributed by atoms with Crippen LogP contribution in [0.2, 0.25) is 5.15 Å². The fourth-order valence-electron chi connectivity index (χ4n) is 2.85. The number of rotatable bonds is 8. The molecule has 0 amide bonds. The Morgan fingerprint density at radius 3 is 2.33 bits per heavy atom. The Kier molecular flexibility index (Phi) is 7.03. The van der Waals surface area contributed by atoms with Crippen molar-refractivity contribution in [3.63, 3.8) is 0 Å². The van der Waals surface area contributed by atoms with Gasteiger partial charge < -0.3 is 24.3 Å². The second kappa shape index (κ2) is 8.87. The molecule has 3 rings (SSSR count). The molecular weight excluding hydrogens is 391 g/mol. The average molecular weight is 415 g/mol. The van der Waals surface area contributed by atoms with E-state index >= 15 is 0 Å². The lowest BCUT2D eigenvalue weighted by molar-refractivity contribution is 0.259. The van der Waals surface area contributed by atoms with Gasteiger partial charge in [-0.05, 0) is 38.1 Å². The Morgan fingerprint density at radius 1 is 1.07 bits per heavy atom. The number of ether oxygens (including phenoxy) is 4. The highest BCUT2D eigenvalue weighted by molar-refractivity contribution is 6.32. The predicted octanol–water partition coefficient (Wildman–Crippen LogP) is 3.98. The van der Waals surface area contributed by atoms with Crippen LogP contribution >= 0.6 is 24.0 Å². The maximum Gasteiger partial charge on any atom is 0.203 e. The number of halogens is 2. The monoisotopic (exact) mass is 414 g/mol. The van der Waals surface area contributed by atoms with Gasteiger partial charge in [-0.15, -0.1) is 12.4 Å². The number of hydrogen-bond donors (Lipinski definition) is 1. The Bertz CT molecular complexity index is 798. The van der Waals surface area contributed by atoms with Crippen LogP contribution in [0.5, 0.6) is 23.0 Å². The third-order valence-corrected chi connectivity index (χ3v) is 5.01. The highest BCUT2D eigenvalue weighted by atomic mass is 35.5. The van der Waals surface area contributed by atoms with Crippen molar-refractivity contribution < 1.29 is 18.9 Å². The molecule has 6 nitrogen and oxygen atoms in total. The molecule has 8 heteroatoms. The number of aromatic nitrogens is 1. The molecule has 1 aromatic carbocycles. The Balaban J connectivity index is 0.00000261.